The highest BCUT2D eigenvalue weighted by Crippen LogP contribution is 2.22. The minimum absolute atomic E-state index is 0.145. The van der Waals surface area contributed by atoms with E-state index in [2.05, 4.69) is 12.2 Å². The molecule has 0 fully saturated rings. The van der Waals surface area contributed by atoms with E-state index in [9.17, 15) is 4.79 Å². The summed E-state index contributed by atoms with van der Waals surface area (Å²) in [5.74, 6) is -1.00. The fraction of sp³-hybridized carbons (Fsp3) is 0.533. The number of rotatable bonds is 9. The van der Waals surface area contributed by atoms with Gasteiger partial charge in [0, 0.05) is 31.1 Å². The summed E-state index contributed by atoms with van der Waals surface area (Å²) in [6, 6.07) is 3.43. The van der Waals surface area contributed by atoms with Crippen LogP contribution in [0.4, 0.5) is 11.4 Å². The van der Waals surface area contributed by atoms with Crippen molar-refractivity contribution >= 4 is 17.3 Å². The number of nitrogens with one attached hydrogen (secondary N) is 1. The summed E-state index contributed by atoms with van der Waals surface area (Å²) in [5.41, 5.74) is 7.77. The first-order valence-corrected chi connectivity index (χ1v) is 7.01. The third-order valence-corrected chi connectivity index (χ3v) is 3.05. The second kappa shape index (κ2) is 8.43. The molecule has 0 aliphatic carbocycles. The van der Waals surface area contributed by atoms with Crippen LogP contribution in [-0.2, 0) is 4.74 Å². The Balaban J connectivity index is 2.43. The second-order valence-corrected chi connectivity index (χ2v) is 4.81. The molecule has 5 nitrogen and oxygen atoms in total. The van der Waals surface area contributed by atoms with E-state index >= 15 is 0 Å². The fourth-order valence-corrected chi connectivity index (χ4v) is 1.83. The summed E-state index contributed by atoms with van der Waals surface area (Å²) in [6.45, 7) is 6.21. The van der Waals surface area contributed by atoms with E-state index in [-0.39, 0.29) is 5.56 Å². The van der Waals surface area contributed by atoms with E-state index in [4.69, 9.17) is 15.6 Å². The van der Waals surface area contributed by atoms with Gasteiger partial charge in [-0.2, -0.15) is 0 Å². The molecule has 0 heterocycles. The minimum atomic E-state index is -1.00. The number of carbonyl (C=O) groups is 1. The Morgan fingerprint density at radius 2 is 2.05 bits per heavy atom. The molecule has 1 rings (SSSR count). The van der Waals surface area contributed by atoms with E-state index in [1.165, 1.54) is 0 Å². The van der Waals surface area contributed by atoms with Gasteiger partial charge in [-0.15, -0.1) is 0 Å². The summed E-state index contributed by atoms with van der Waals surface area (Å²) in [7, 11) is 0. The summed E-state index contributed by atoms with van der Waals surface area (Å²) in [4.78, 5) is 11.1. The third-order valence-electron chi connectivity index (χ3n) is 3.05. The third kappa shape index (κ3) is 5.09. The van der Waals surface area contributed by atoms with Gasteiger partial charge in [0.2, 0.25) is 0 Å². The molecule has 0 radical (unpaired) electrons. The van der Waals surface area contributed by atoms with E-state index in [1.807, 2.05) is 6.07 Å². The molecular formula is C15H24N2O3. The highest BCUT2D eigenvalue weighted by atomic mass is 16.5. The van der Waals surface area contributed by atoms with Crippen LogP contribution in [0, 0.1) is 6.92 Å². The monoisotopic (exact) mass is 280 g/mol. The van der Waals surface area contributed by atoms with E-state index in [0.29, 0.717) is 12.3 Å². The molecule has 0 unspecified atom stereocenters. The number of aromatic carboxylic acids is 1. The number of carboxylic acid groups (broad SMARTS) is 1. The first-order valence-electron chi connectivity index (χ1n) is 7.01. The van der Waals surface area contributed by atoms with Crippen LogP contribution >= 0.6 is 0 Å². The van der Waals surface area contributed by atoms with Gasteiger partial charge in [0.25, 0.3) is 0 Å². The van der Waals surface area contributed by atoms with Crippen LogP contribution in [0.5, 0.6) is 0 Å². The molecule has 0 atom stereocenters. The smallest absolute Gasteiger partial charge is 0.337 e. The number of carboxylic acids is 1. The zero-order valence-corrected chi connectivity index (χ0v) is 12.2. The molecule has 1 aromatic carbocycles. The molecule has 0 aromatic heterocycles. The standard InChI is InChI=1S/C15H24N2O3/c1-3-4-7-20-8-5-6-17-12-9-11(2)14(16)13(10-12)15(18)19/h9-10,17H,3-8,16H2,1-2H3,(H,18,19). The van der Waals surface area contributed by atoms with Gasteiger partial charge in [0.05, 0.1) is 5.56 Å². The lowest BCUT2D eigenvalue weighted by Gasteiger charge is -2.11. The first-order chi connectivity index (χ1) is 9.56. The molecule has 0 bridgehead atoms. The molecule has 4 N–H and O–H groups in total. The number of benzene rings is 1. The van der Waals surface area contributed by atoms with Crippen LogP contribution in [0.15, 0.2) is 12.1 Å². The lowest BCUT2D eigenvalue weighted by molar-refractivity contribution is 0.0698. The first kappa shape index (κ1) is 16.3. The van der Waals surface area contributed by atoms with Crippen molar-refractivity contribution < 1.29 is 14.6 Å². The molecule has 0 spiro atoms. The molecule has 0 saturated carbocycles. The molecule has 0 amide bonds. The highest BCUT2D eigenvalue weighted by molar-refractivity contribution is 5.95. The number of hydrogen-bond donors (Lipinski definition) is 3. The van der Waals surface area contributed by atoms with Crippen LogP contribution in [-0.4, -0.2) is 30.8 Å². The minimum Gasteiger partial charge on any atom is -0.478 e. The second-order valence-electron chi connectivity index (χ2n) is 4.81. The predicted molar refractivity (Wildman–Crippen MR) is 81.4 cm³/mol. The van der Waals surface area contributed by atoms with Crippen molar-refractivity contribution in [1.29, 1.82) is 0 Å². The topological polar surface area (TPSA) is 84.6 Å². The van der Waals surface area contributed by atoms with Gasteiger partial charge in [-0.05, 0) is 37.5 Å². The average molecular weight is 280 g/mol. The van der Waals surface area contributed by atoms with Crippen molar-refractivity contribution in [2.24, 2.45) is 0 Å². The summed E-state index contributed by atoms with van der Waals surface area (Å²) in [5, 5.41) is 12.3. The molecule has 112 valence electrons. The van der Waals surface area contributed by atoms with Crippen molar-refractivity contribution in [3.05, 3.63) is 23.3 Å². The number of unbranched alkanes of at least 4 members (excludes halogenated alkanes) is 1. The Hall–Kier alpha value is -1.75. The SMILES string of the molecule is CCCCOCCCNc1cc(C)c(N)c(C(=O)O)c1. The maximum atomic E-state index is 11.1. The Labute approximate surface area is 120 Å². The van der Waals surface area contributed by atoms with Gasteiger partial charge in [-0.1, -0.05) is 13.3 Å². The van der Waals surface area contributed by atoms with Crippen molar-refractivity contribution in [3.8, 4) is 0 Å². The number of anilines is 2. The van der Waals surface area contributed by atoms with E-state index in [0.717, 1.165) is 43.7 Å². The predicted octanol–water partition coefficient (Wildman–Crippen LogP) is 2.89. The zero-order chi connectivity index (χ0) is 15.0. The lowest BCUT2D eigenvalue weighted by atomic mass is 10.1. The number of ether oxygens (including phenoxy) is 1. The molecule has 0 aliphatic heterocycles. The Kier molecular flexibility index (Phi) is 6.87. The number of nitrogen functional groups attached to an aromatic ring is 1. The quantitative estimate of drug-likeness (QED) is 0.478. The largest absolute Gasteiger partial charge is 0.478 e. The van der Waals surface area contributed by atoms with Crippen molar-refractivity contribution in [1.82, 2.24) is 0 Å². The van der Waals surface area contributed by atoms with Crippen LogP contribution in [0.3, 0.4) is 0 Å². The molecule has 20 heavy (non-hydrogen) atoms. The Morgan fingerprint density at radius 3 is 2.70 bits per heavy atom. The number of aryl methyl sites for hydroxylation is 1. The summed E-state index contributed by atoms with van der Waals surface area (Å²) >= 11 is 0. The van der Waals surface area contributed by atoms with Crippen LogP contribution in [0.25, 0.3) is 0 Å². The highest BCUT2D eigenvalue weighted by Gasteiger charge is 2.11. The van der Waals surface area contributed by atoms with Crippen molar-refractivity contribution in [2.45, 2.75) is 33.1 Å². The average Bonchev–Trinajstić information content (AvgIpc) is 2.41. The van der Waals surface area contributed by atoms with Gasteiger partial charge in [-0.25, -0.2) is 4.79 Å². The Bertz CT molecular complexity index is 447. The summed E-state index contributed by atoms with van der Waals surface area (Å²) in [6.07, 6.45) is 3.11. The lowest BCUT2D eigenvalue weighted by Crippen LogP contribution is -2.09. The van der Waals surface area contributed by atoms with E-state index in [1.54, 1.807) is 13.0 Å². The Morgan fingerprint density at radius 1 is 1.35 bits per heavy atom. The van der Waals surface area contributed by atoms with Crippen molar-refractivity contribution in [3.63, 3.8) is 0 Å². The van der Waals surface area contributed by atoms with Gasteiger partial charge < -0.3 is 20.9 Å². The van der Waals surface area contributed by atoms with Gasteiger partial charge in [-0.3, -0.25) is 0 Å². The van der Waals surface area contributed by atoms with Gasteiger partial charge in [0.1, 0.15) is 0 Å². The summed E-state index contributed by atoms with van der Waals surface area (Å²) < 4.78 is 5.46. The fourth-order valence-electron chi connectivity index (χ4n) is 1.83. The number of nitrogens with two attached hydrogens (primary N) is 1. The maximum Gasteiger partial charge on any atom is 0.337 e. The zero-order valence-electron chi connectivity index (χ0n) is 12.2. The molecule has 5 heteroatoms. The normalized spacial score (nSPS) is 10.5. The molecule has 0 aliphatic rings. The maximum absolute atomic E-state index is 11.1. The van der Waals surface area contributed by atoms with Crippen molar-refractivity contribution in [2.75, 3.05) is 30.8 Å². The van der Waals surface area contributed by atoms with Gasteiger partial charge >= 0.3 is 5.97 Å². The molecular weight excluding hydrogens is 256 g/mol. The van der Waals surface area contributed by atoms with Crippen LogP contribution < -0.4 is 11.1 Å². The number of hydrogen-bond acceptors (Lipinski definition) is 4. The molecule has 1 aromatic rings. The van der Waals surface area contributed by atoms with Crippen LogP contribution in [0.2, 0.25) is 0 Å². The van der Waals surface area contributed by atoms with Crippen LogP contribution in [0.1, 0.15) is 42.1 Å². The van der Waals surface area contributed by atoms with E-state index < -0.39 is 5.97 Å². The molecule has 0 saturated heterocycles. The van der Waals surface area contributed by atoms with Gasteiger partial charge in [0.15, 0.2) is 0 Å².